The summed E-state index contributed by atoms with van der Waals surface area (Å²) in [4.78, 5) is 36.5. The molecule has 1 saturated heterocycles. The first-order chi connectivity index (χ1) is 20.3. The fraction of sp³-hybridized carbons (Fsp3) is 0.226. The van der Waals surface area contributed by atoms with Crippen molar-refractivity contribution in [2.45, 2.75) is 26.3 Å². The lowest BCUT2D eigenvalue weighted by molar-refractivity contribution is -0.124. The second-order valence-electron chi connectivity index (χ2n) is 10.1. The van der Waals surface area contributed by atoms with Crippen molar-refractivity contribution in [1.82, 2.24) is 29.8 Å². The van der Waals surface area contributed by atoms with Crippen molar-refractivity contribution < 1.29 is 13.9 Å². The molecule has 212 valence electrons. The summed E-state index contributed by atoms with van der Waals surface area (Å²) in [6.45, 7) is 4.71. The highest BCUT2D eigenvalue weighted by Gasteiger charge is 2.27. The Bertz CT molecular complexity index is 1860. The van der Waals surface area contributed by atoms with Crippen LogP contribution in [-0.2, 0) is 4.79 Å². The number of nitrogens with one attached hydrogen (secondary N) is 1. The van der Waals surface area contributed by atoms with Gasteiger partial charge in [-0.25, -0.2) is 14.4 Å². The van der Waals surface area contributed by atoms with Gasteiger partial charge in [0.2, 0.25) is 5.91 Å². The number of aromatic nitrogens is 5. The maximum Gasteiger partial charge on any atom is 0.318 e. The standard InChI is InChI=1S/C31H27ClFN7O2/c1-17-14-20(36-18(2)35-17)10-11-25(41)40-13-12-21(16-40)37-30-23-15-34-28(27(33)29(23)38-31(39-30)42-3)22-8-4-6-19-7-5-9-24(32)26(19)22/h4-11,14-15,21H,12-13,16H2,1-3H3,(H,37,38,39)/b11-10+. The Kier molecular flexibility index (Phi) is 7.38. The number of carbonyl (C=O) groups excluding carboxylic acids is 1. The van der Waals surface area contributed by atoms with Crippen LogP contribution in [0.2, 0.25) is 5.02 Å². The average Bonchev–Trinajstić information content (AvgIpc) is 3.44. The SMILES string of the molecule is COc1nc(NC2CCN(C(=O)/C=C/c3cc(C)nc(C)n3)C2)c2cnc(-c3cccc4cccc(Cl)c34)c(F)c2n1. The van der Waals surface area contributed by atoms with E-state index in [0.29, 0.717) is 58.2 Å². The Morgan fingerprint density at radius 1 is 1.14 bits per heavy atom. The summed E-state index contributed by atoms with van der Waals surface area (Å²) in [6, 6.07) is 12.8. The first kappa shape index (κ1) is 27.5. The fourth-order valence-electron chi connectivity index (χ4n) is 5.28. The summed E-state index contributed by atoms with van der Waals surface area (Å²) in [5.74, 6) is 0.309. The van der Waals surface area contributed by atoms with Gasteiger partial charge in [-0.15, -0.1) is 0 Å². The van der Waals surface area contributed by atoms with Gasteiger partial charge in [0, 0.05) is 53.1 Å². The third-order valence-corrected chi connectivity index (χ3v) is 7.49. The van der Waals surface area contributed by atoms with E-state index in [2.05, 4.69) is 30.2 Å². The second kappa shape index (κ2) is 11.3. The van der Waals surface area contributed by atoms with E-state index < -0.39 is 5.82 Å². The van der Waals surface area contributed by atoms with Crippen LogP contribution >= 0.6 is 11.6 Å². The molecule has 0 saturated carbocycles. The zero-order valence-electron chi connectivity index (χ0n) is 23.2. The summed E-state index contributed by atoms with van der Waals surface area (Å²) >= 11 is 6.50. The minimum absolute atomic E-state index is 0.0151. The number of ether oxygens (including phenoxy) is 1. The molecule has 0 bridgehead atoms. The van der Waals surface area contributed by atoms with Gasteiger partial charge in [-0.05, 0) is 43.9 Å². The topological polar surface area (TPSA) is 106 Å². The monoisotopic (exact) mass is 583 g/mol. The predicted octanol–water partition coefficient (Wildman–Crippen LogP) is 5.78. The number of aryl methyl sites for hydroxylation is 2. The molecule has 5 aromatic rings. The lowest BCUT2D eigenvalue weighted by Gasteiger charge is -2.17. The maximum atomic E-state index is 16.1. The molecule has 4 heterocycles. The fourth-order valence-corrected chi connectivity index (χ4v) is 5.57. The molecule has 42 heavy (non-hydrogen) atoms. The number of rotatable bonds is 6. The molecular weight excluding hydrogens is 557 g/mol. The highest BCUT2D eigenvalue weighted by atomic mass is 35.5. The van der Waals surface area contributed by atoms with E-state index in [1.807, 2.05) is 44.2 Å². The molecular formula is C31H27ClFN7O2. The van der Waals surface area contributed by atoms with Crippen LogP contribution < -0.4 is 10.1 Å². The molecule has 1 amide bonds. The number of benzene rings is 2. The highest BCUT2D eigenvalue weighted by Crippen LogP contribution is 2.36. The van der Waals surface area contributed by atoms with Crippen molar-refractivity contribution in [3.8, 4) is 17.3 Å². The molecule has 0 radical (unpaired) electrons. The number of fused-ring (bicyclic) bond motifs is 2. The molecule has 3 aromatic heterocycles. The van der Waals surface area contributed by atoms with E-state index in [1.54, 1.807) is 29.3 Å². The van der Waals surface area contributed by atoms with Crippen LogP contribution in [0, 0.1) is 19.7 Å². The van der Waals surface area contributed by atoms with Crippen LogP contribution in [0.15, 0.2) is 54.7 Å². The average molecular weight is 584 g/mol. The molecule has 1 unspecified atom stereocenters. The van der Waals surface area contributed by atoms with Gasteiger partial charge in [0.15, 0.2) is 5.82 Å². The van der Waals surface area contributed by atoms with E-state index in [1.165, 1.54) is 13.2 Å². The van der Waals surface area contributed by atoms with Crippen LogP contribution in [0.25, 0.3) is 39.0 Å². The lowest BCUT2D eigenvalue weighted by atomic mass is 10.0. The number of hydrogen-bond acceptors (Lipinski definition) is 8. The number of anilines is 1. The number of amides is 1. The van der Waals surface area contributed by atoms with E-state index in [4.69, 9.17) is 16.3 Å². The van der Waals surface area contributed by atoms with E-state index in [0.717, 1.165) is 11.1 Å². The van der Waals surface area contributed by atoms with Crippen molar-refractivity contribution >= 4 is 51.1 Å². The molecule has 2 aromatic carbocycles. The smallest absolute Gasteiger partial charge is 0.318 e. The molecule has 9 nitrogen and oxygen atoms in total. The molecule has 1 aliphatic heterocycles. The first-order valence-electron chi connectivity index (χ1n) is 13.4. The minimum Gasteiger partial charge on any atom is -0.467 e. The van der Waals surface area contributed by atoms with Crippen molar-refractivity contribution in [3.63, 3.8) is 0 Å². The molecule has 1 fully saturated rings. The van der Waals surface area contributed by atoms with Crippen LogP contribution in [0.4, 0.5) is 10.2 Å². The van der Waals surface area contributed by atoms with Gasteiger partial charge in [-0.2, -0.15) is 9.97 Å². The Morgan fingerprint density at radius 3 is 2.74 bits per heavy atom. The van der Waals surface area contributed by atoms with E-state index in [9.17, 15) is 4.79 Å². The molecule has 6 rings (SSSR count). The summed E-state index contributed by atoms with van der Waals surface area (Å²) in [5, 5.41) is 5.86. The van der Waals surface area contributed by atoms with Crippen LogP contribution in [0.1, 0.15) is 23.6 Å². The quantitative estimate of drug-likeness (QED) is 0.251. The summed E-state index contributed by atoms with van der Waals surface area (Å²) in [6.07, 6.45) is 5.45. The molecule has 11 heteroatoms. The van der Waals surface area contributed by atoms with Gasteiger partial charge >= 0.3 is 6.01 Å². The Balaban J connectivity index is 1.27. The van der Waals surface area contributed by atoms with Gasteiger partial charge in [-0.1, -0.05) is 41.9 Å². The number of halogens is 2. The van der Waals surface area contributed by atoms with Crippen LogP contribution in [0.5, 0.6) is 6.01 Å². The summed E-state index contributed by atoms with van der Waals surface area (Å²) < 4.78 is 21.4. The number of nitrogens with zero attached hydrogens (tertiary/aromatic N) is 6. The largest absolute Gasteiger partial charge is 0.467 e. The van der Waals surface area contributed by atoms with Crippen molar-refractivity contribution in [1.29, 1.82) is 0 Å². The van der Waals surface area contributed by atoms with Gasteiger partial charge in [0.05, 0.1) is 18.2 Å². The van der Waals surface area contributed by atoms with Gasteiger partial charge < -0.3 is 15.0 Å². The lowest BCUT2D eigenvalue weighted by Crippen LogP contribution is -2.30. The molecule has 1 atom stereocenters. The Morgan fingerprint density at radius 2 is 1.95 bits per heavy atom. The summed E-state index contributed by atoms with van der Waals surface area (Å²) in [5.41, 5.74) is 2.29. The van der Waals surface area contributed by atoms with Crippen molar-refractivity contribution in [3.05, 3.63) is 82.8 Å². The number of pyridine rings is 1. The zero-order valence-corrected chi connectivity index (χ0v) is 24.0. The number of hydrogen-bond donors (Lipinski definition) is 1. The number of methoxy groups -OCH3 is 1. The Labute approximate surface area is 246 Å². The highest BCUT2D eigenvalue weighted by molar-refractivity contribution is 6.36. The normalized spacial score (nSPS) is 15.2. The Hall–Kier alpha value is -4.70. The summed E-state index contributed by atoms with van der Waals surface area (Å²) in [7, 11) is 1.43. The second-order valence-corrected chi connectivity index (χ2v) is 10.5. The third kappa shape index (κ3) is 5.33. The first-order valence-corrected chi connectivity index (χ1v) is 13.8. The minimum atomic E-state index is -0.604. The van der Waals surface area contributed by atoms with Gasteiger partial charge in [0.25, 0.3) is 0 Å². The van der Waals surface area contributed by atoms with Crippen molar-refractivity contribution in [2.24, 2.45) is 0 Å². The number of carbonyl (C=O) groups is 1. The predicted molar refractivity (Wildman–Crippen MR) is 161 cm³/mol. The molecule has 1 aliphatic rings. The van der Waals surface area contributed by atoms with E-state index in [-0.39, 0.29) is 29.2 Å². The molecule has 0 spiro atoms. The zero-order chi connectivity index (χ0) is 29.4. The van der Waals surface area contributed by atoms with Crippen LogP contribution in [-0.4, -0.2) is 62.0 Å². The van der Waals surface area contributed by atoms with Crippen molar-refractivity contribution in [2.75, 3.05) is 25.5 Å². The van der Waals surface area contributed by atoms with Gasteiger partial charge in [-0.3, -0.25) is 9.78 Å². The van der Waals surface area contributed by atoms with E-state index >= 15 is 4.39 Å². The molecule has 1 N–H and O–H groups in total. The van der Waals surface area contributed by atoms with Crippen LogP contribution in [0.3, 0.4) is 0 Å². The molecule has 0 aliphatic carbocycles. The number of likely N-dealkylation sites (tertiary alicyclic amines) is 1. The maximum absolute atomic E-state index is 16.1. The van der Waals surface area contributed by atoms with Gasteiger partial charge in [0.1, 0.15) is 22.9 Å². The third-order valence-electron chi connectivity index (χ3n) is 7.18.